The normalized spacial score (nSPS) is 33.1. The molecule has 1 saturated carbocycles. The number of rotatable bonds is 7. The van der Waals surface area contributed by atoms with Crippen molar-refractivity contribution in [3.8, 4) is 0 Å². The minimum atomic E-state index is -1.08. The fourth-order valence-corrected chi connectivity index (χ4v) is 6.62. The third kappa shape index (κ3) is 3.62. The maximum Gasteiger partial charge on any atom is 0.246 e. The lowest BCUT2D eigenvalue weighted by Crippen LogP contribution is -2.59. The summed E-state index contributed by atoms with van der Waals surface area (Å²) in [6.45, 7) is 6.43. The van der Waals surface area contributed by atoms with E-state index in [2.05, 4.69) is 10.6 Å². The van der Waals surface area contributed by atoms with Crippen LogP contribution in [0.25, 0.3) is 0 Å². The molecule has 1 aromatic rings. The minimum absolute atomic E-state index is 0.0174. The first-order valence-corrected chi connectivity index (χ1v) is 13.0. The highest BCUT2D eigenvalue weighted by Gasteiger charge is 2.73. The van der Waals surface area contributed by atoms with Gasteiger partial charge >= 0.3 is 0 Å². The van der Waals surface area contributed by atoms with Crippen LogP contribution >= 0.6 is 11.3 Å². The zero-order valence-electron chi connectivity index (χ0n) is 19.5. The summed E-state index contributed by atoms with van der Waals surface area (Å²) in [6, 6.07) is 3.19. The Kier molecular flexibility index (Phi) is 5.64. The minimum Gasteiger partial charge on any atom is -0.359 e. The molecule has 1 aliphatic carbocycles. The van der Waals surface area contributed by atoms with Gasteiger partial charge < -0.3 is 20.3 Å². The molecular weight excluding hydrogens is 438 g/mol. The SMILES string of the molecule is CCC(C)(C)NC(=O)C1N(C2CCCC2)C(=O)C2C(C(=O)NCc3cccs3)C3C=CC21O3. The average molecular weight is 472 g/mol. The Morgan fingerprint density at radius 2 is 2.03 bits per heavy atom. The fraction of sp³-hybridized carbons (Fsp3) is 0.640. The number of carbonyl (C=O) groups excluding carboxylic acids is 3. The second-order valence-electron chi connectivity index (χ2n) is 10.4. The van der Waals surface area contributed by atoms with Crippen molar-refractivity contribution in [2.24, 2.45) is 11.8 Å². The van der Waals surface area contributed by atoms with Gasteiger partial charge in [0.25, 0.3) is 0 Å². The molecule has 8 heteroatoms. The Labute approximate surface area is 198 Å². The van der Waals surface area contributed by atoms with Crippen molar-refractivity contribution in [2.75, 3.05) is 0 Å². The Morgan fingerprint density at radius 1 is 1.27 bits per heavy atom. The van der Waals surface area contributed by atoms with Crippen LogP contribution in [0.1, 0.15) is 57.8 Å². The number of amides is 3. The molecule has 5 rings (SSSR count). The van der Waals surface area contributed by atoms with E-state index in [1.807, 2.05) is 50.4 Å². The van der Waals surface area contributed by atoms with Gasteiger partial charge in [-0.2, -0.15) is 0 Å². The maximum absolute atomic E-state index is 13.9. The first-order valence-electron chi connectivity index (χ1n) is 12.1. The lowest BCUT2D eigenvalue weighted by atomic mass is 9.74. The molecule has 178 valence electrons. The van der Waals surface area contributed by atoms with Gasteiger partial charge in [0.15, 0.2) is 0 Å². The van der Waals surface area contributed by atoms with Gasteiger partial charge in [0.2, 0.25) is 17.7 Å². The van der Waals surface area contributed by atoms with Crippen molar-refractivity contribution >= 4 is 29.1 Å². The summed E-state index contributed by atoms with van der Waals surface area (Å²) in [7, 11) is 0. The zero-order valence-corrected chi connectivity index (χ0v) is 20.3. The molecular formula is C25H33N3O4S. The molecule has 5 atom stereocenters. The summed E-state index contributed by atoms with van der Waals surface area (Å²) < 4.78 is 6.40. The zero-order chi connectivity index (χ0) is 23.4. The topological polar surface area (TPSA) is 87.7 Å². The van der Waals surface area contributed by atoms with Crippen LogP contribution in [0.3, 0.4) is 0 Å². The van der Waals surface area contributed by atoms with Crippen LogP contribution in [0.4, 0.5) is 0 Å². The van der Waals surface area contributed by atoms with E-state index in [9.17, 15) is 14.4 Å². The van der Waals surface area contributed by atoms with Crippen LogP contribution in [0.2, 0.25) is 0 Å². The molecule has 3 amide bonds. The van der Waals surface area contributed by atoms with Crippen molar-refractivity contribution in [3.63, 3.8) is 0 Å². The second-order valence-corrected chi connectivity index (χ2v) is 11.4. The van der Waals surface area contributed by atoms with Gasteiger partial charge in [0.05, 0.1) is 24.5 Å². The van der Waals surface area contributed by atoms with Crippen LogP contribution in [0.15, 0.2) is 29.7 Å². The summed E-state index contributed by atoms with van der Waals surface area (Å²) in [4.78, 5) is 43.8. The molecule has 2 saturated heterocycles. The van der Waals surface area contributed by atoms with E-state index in [1.165, 1.54) is 0 Å². The average Bonchev–Trinajstić information content (AvgIpc) is 3.59. The smallest absolute Gasteiger partial charge is 0.246 e. The fourth-order valence-electron chi connectivity index (χ4n) is 5.98. The van der Waals surface area contributed by atoms with Gasteiger partial charge in [0, 0.05) is 16.5 Å². The predicted octanol–water partition coefficient (Wildman–Crippen LogP) is 2.76. The molecule has 4 aliphatic rings. The van der Waals surface area contributed by atoms with Crippen molar-refractivity contribution in [2.45, 2.75) is 88.7 Å². The van der Waals surface area contributed by atoms with Crippen LogP contribution in [-0.4, -0.2) is 51.9 Å². The van der Waals surface area contributed by atoms with Gasteiger partial charge in [-0.3, -0.25) is 14.4 Å². The van der Waals surface area contributed by atoms with Gasteiger partial charge in [-0.1, -0.05) is 38.0 Å². The van der Waals surface area contributed by atoms with Crippen molar-refractivity contribution in [1.82, 2.24) is 15.5 Å². The number of carbonyl (C=O) groups is 3. The summed E-state index contributed by atoms with van der Waals surface area (Å²) in [6.07, 6.45) is 7.92. The van der Waals surface area contributed by atoms with Gasteiger partial charge in [-0.15, -0.1) is 11.3 Å². The Balaban J connectivity index is 1.46. The first-order chi connectivity index (χ1) is 15.8. The number of likely N-dealkylation sites (tertiary alicyclic amines) is 1. The van der Waals surface area contributed by atoms with Crippen LogP contribution in [0.5, 0.6) is 0 Å². The molecule has 7 nitrogen and oxygen atoms in total. The van der Waals surface area contributed by atoms with Gasteiger partial charge in [-0.05, 0) is 44.6 Å². The summed E-state index contributed by atoms with van der Waals surface area (Å²) in [5, 5.41) is 8.13. The number of hydrogen-bond donors (Lipinski definition) is 2. The first kappa shape index (κ1) is 22.6. The monoisotopic (exact) mass is 471 g/mol. The summed E-state index contributed by atoms with van der Waals surface area (Å²) in [5.41, 5.74) is -1.48. The van der Waals surface area contributed by atoms with E-state index in [0.29, 0.717) is 6.54 Å². The van der Waals surface area contributed by atoms with Crippen LogP contribution in [0, 0.1) is 11.8 Å². The molecule has 3 fully saturated rings. The molecule has 0 aromatic carbocycles. The maximum atomic E-state index is 13.9. The van der Waals surface area contributed by atoms with Crippen molar-refractivity contribution in [3.05, 3.63) is 34.5 Å². The summed E-state index contributed by atoms with van der Waals surface area (Å²) in [5.74, 6) is -1.77. The third-order valence-electron chi connectivity index (χ3n) is 7.94. The molecule has 2 N–H and O–H groups in total. The molecule has 5 unspecified atom stereocenters. The van der Waals surface area contributed by atoms with E-state index in [0.717, 1.165) is 37.0 Å². The molecule has 0 radical (unpaired) electrons. The molecule has 1 aromatic heterocycles. The van der Waals surface area contributed by atoms with Crippen molar-refractivity contribution in [1.29, 1.82) is 0 Å². The quantitative estimate of drug-likeness (QED) is 0.599. The van der Waals surface area contributed by atoms with Gasteiger partial charge in [0.1, 0.15) is 11.6 Å². The Morgan fingerprint density at radius 3 is 2.70 bits per heavy atom. The molecule has 3 aliphatic heterocycles. The van der Waals surface area contributed by atoms with E-state index in [-0.39, 0.29) is 23.8 Å². The molecule has 2 bridgehead atoms. The van der Waals surface area contributed by atoms with Crippen LogP contribution < -0.4 is 10.6 Å². The largest absolute Gasteiger partial charge is 0.359 e. The van der Waals surface area contributed by atoms with E-state index in [1.54, 1.807) is 16.2 Å². The second kappa shape index (κ2) is 8.24. The number of fused-ring (bicyclic) bond motifs is 1. The van der Waals surface area contributed by atoms with E-state index in [4.69, 9.17) is 4.74 Å². The molecule has 33 heavy (non-hydrogen) atoms. The van der Waals surface area contributed by atoms with E-state index < -0.39 is 35.1 Å². The number of nitrogens with one attached hydrogen (secondary N) is 2. The highest BCUT2D eigenvalue weighted by molar-refractivity contribution is 7.09. The molecule has 4 heterocycles. The Hall–Kier alpha value is -2.19. The number of hydrogen-bond acceptors (Lipinski definition) is 5. The van der Waals surface area contributed by atoms with Crippen molar-refractivity contribution < 1.29 is 19.1 Å². The lowest BCUT2D eigenvalue weighted by molar-refractivity contribution is -0.144. The Bertz CT molecular complexity index is 968. The van der Waals surface area contributed by atoms with Gasteiger partial charge in [-0.25, -0.2) is 0 Å². The molecule has 1 spiro atoms. The third-order valence-corrected chi connectivity index (χ3v) is 8.82. The lowest BCUT2D eigenvalue weighted by Gasteiger charge is -2.37. The number of ether oxygens (including phenoxy) is 1. The van der Waals surface area contributed by atoms with E-state index >= 15 is 0 Å². The number of nitrogens with zero attached hydrogens (tertiary/aromatic N) is 1. The standard InChI is InChI=1S/C25H33N3O4S/c1-4-24(2,3)27-22(30)20-25-12-11-17(32-25)18(21(29)26-14-16-10-7-13-33-16)19(25)23(31)28(20)15-8-5-6-9-15/h7,10-13,15,17-20H,4-6,8-9,14H2,1-3H3,(H,26,29)(H,27,30). The predicted molar refractivity (Wildman–Crippen MR) is 125 cm³/mol. The van der Waals surface area contributed by atoms with Crippen LogP contribution in [-0.2, 0) is 25.7 Å². The summed E-state index contributed by atoms with van der Waals surface area (Å²) >= 11 is 1.58. The number of thiophene rings is 1. The highest BCUT2D eigenvalue weighted by atomic mass is 32.1. The highest BCUT2D eigenvalue weighted by Crippen LogP contribution is 2.56.